The van der Waals surface area contributed by atoms with Gasteiger partial charge in [-0.15, -0.1) is 5.10 Å². The zero-order valence-corrected chi connectivity index (χ0v) is 16.8. The Morgan fingerprint density at radius 3 is 2.10 bits per heavy atom. The molecule has 0 bridgehead atoms. The predicted octanol–water partition coefficient (Wildman–Crippen LogP) is 1.33. The number of carboxylic acids is 2. The van der Waals surface area contributed by atoms with Crippen LogP contribution in [0, 0.1) is 0 Å². The molecule has 0 aliphatic carbocycles. The van der Waals surface area contributed by atoms with Gasteiger partial charge in [0.2, 0.25) is 0 Å². The van der Waals surface area contributed by atoms with Gasteiger partial charge < -0.3 is 29.3 Å². The second-order valence-electron chi connectivity index (χ2n) is 6.37. The zero-order valence-electron chi connectivity index (χ0n) is 16.8. The van der Waals surface area contributed by atoms with Crippen LogP contribution in [0.2, 0.25) is 0 Å². The van der Waals surface area contributed by atoms with Gasteiger partial charge in [-0.2, -0.15) is 5.10 Å². The van der Waals surface area contributed by atoms with E-state index in [4.69, 9.17) is 34.0 Å². The Hall–Kier alpha value is -3.63. The number of piperidine rings is 1. The number of benzene rings is 1. The summed E-state index contributed by atoms with van der Waals surface area (Å²) in [6, 6.07) is 3.83. The van der Waals surface area contributed by atoms with Gasteiger partial charge in [0, 0.05) is 43.6 Å². The molecule has 0 radical (unpaired) electrons. The van der Waals surface area contributed by atoms with Crippen molar-refractivity contribution in [3.8, 4) is 11.5 Å². The van der Waals surface area contributed by atoms with E-state index in [0.717, 1.165) is 42.5 Å². The van der Waals surface area contributed by atoms with Crippen molar-refractivity contribution >= 4 is 34.5 Å². The average molecular weight is 421 g/mol. The van der Waals surface area contributed by atoms with Gasteiger partial charge in [0.15, 0.2) is 17.3 Å². The van der Waals surface area contributed by atoms with Crippen LogP contribution in [0.5, 0.6) is 11.5 Å². The van der Waals surface area contributed by atoms with E-state index in [2.05, 4.69) is 15.1 Å². The Kier molecular flexibility index (Phi) is 7.73. The fourth-order valence-electron chi connectivity index (χ4n) is 3.05. The number of esters is 1. The topological polar surface area (TPSA) is 148 Å². The fraction of sp³-hybridized carbons (Fsp3) is 0.421. The van der Waals surface area contributed by atoms with Crippen molar-refractivity contribution in [2.45, 2.75) is 25.9 Å². The van der Waals surface area contributed by atoms with Crippen LogP contribution in [0.3, 0.4) is 0 Å². The number of anilines is 1. The number of rotatable bonds is 4. The quantitative estimate of drug-likeness (QED) is 0.544. The number of aromatic nitrogens is 2. The number of hydrogen-bond acceptors (Lipinski definition) is 9. The molecular weight excluding hydrogens is 398 g/mol. The lowest BCUT2D eigenvalue weighted by Gasteiger charge is -2.32. The van der Waals surface area contributed by atoms with Crippen LogP contribution in [-0.4, -0.2) is 71.7 Å². The molecule has 30 heavy (non-hydrogen) atoms. The van der Waals surface area contributed by atoms with Gasteiger partial charge in [-0.1, -0.05) is 0 Å². The predicted molar refractivity (Wildman–Crippen MR) is 105 cm³/mol. The highest BCUT2D eigenvalue weighted by Crippen LogP contribution is 2.35. The molecule has 11 nitrogen and oxygen atoms in total. The molecule has 3 rings (SSSR count). The number of ether oxygens (including phenoxy) is 3. The van der Waals surface area contributed by atoms with Crippen LogP contribution in [0.1, 0.15) is 19.8 Å². The summed E-state index contributed by atoms with van der Waals surface area (Å²) in [5.74, 6) is -1.73. The highest BCUT2D eigenvalue weighted by Gasteiger charge is 2.24. The number of carboxylic acid groups (broad SMARTS) is 2. The number of nitrogens with zero attached hydrogens (tertiary/aromatic N) is 3. The van der Waals surface area contributed by atoms with E-state index in [1.54, 1.807) is 20.4 Å². The van der Waals surface area contributed by atoms with Gasteiger partial charge in [-0.25, -0.2) is 9.59 Å². The third-order valence-corrected chi connectivity index (χ3v) is 4.40. The van der Waals surface area contributed by atoms with Gasteiger partial charge in [0.05, 0.1) is 20.4 Å². The van der Waals surface area contributed by atoms with E-state index in [0.29, 0.717) is 11.5 Å². The minimum Gasteiger partial charge on any atom is -0.493 e. The number of carbonyl (C=O) groups is 3. The fourth-order valence-corrected chi connectivity index (χ4v) is 3.05. The molecule has 162 valence electrons. The summed E-state index contributed by atoms with van der Waals surface area (Å²) in [7, 11) is 3.22. The number of carbonyl (C=O) groups excluding carboxylic acids is 1. The normalized spacial score (nSPS) is 13.8. The summed E-state index contributed by atoms with van der Waals surface area (Å²) in [6.07, 6.45) is 3.26. The number of aliphatic carboxylic acids is 2. The third-order valence-electron chi connectivity index (χ3n) is 4.40. The Bertz CT molecular complexity index is 913. The molecule has 2 heterocycles. The number of methoxy groups -OCH3 is 2. The summed E-state index contributed by atoms with van der Waals surface area (Å²) in [5, 5.41) is 25.1. The molecular formula is C19H23N3O8. The average Bonchev–Trinajstić information content (AvgIpc) is 2.72. The lowest BCUT2D eigenvalue weighted by molar-refractivity contribution is -0.159. The van der Waals surface area contributed by atoms with Crippen LogP contribution in [-0.2, 0) is 19.1 Å². The van der Waals surface area contributed by atoms with Crippen molar-refractivity contribution in [3.05, 3.63) is 18.3 Å². The van der Waals surface area contributed by atoms with Gasteiger partial charge in [0.25, 0.3) is 0 Å². The summed E-state index contributed by atoms with van der Waals surface area (Å²) in [5.41, 5.74) is 0. The minimum absolute atomic E-state index is 0.0173. The lowest BCUT2D eigenvalue weighted by Crippen LogP contribution is -2.38. The molecule has 0 saturated carbocycles. The molecule has 11 heteroatoms. The third kappa shape index (κ3) is 5.69. The van der Waals surface area contributed by atoms with Gasteiger partial charge in [0.1, 0.15) is 6.10 Å². The Morgan fingerprint density at radius 2 is 1.60 bits per heavy atom. The van der Waals surface area contributed by atoms with E-state index < -0.39 is 11.9 Å². The van der Waals surface area contributed by atoms with Crippen molar-refractivity contribution in [3.63, 3.8) is 0 Å². The van der Waals surface area contributed by atoms with Crippen molar-refractivity contribution in [2.24, 2.45) is 0 Å². The minimum atomic E-state index is -1.82. The maximum atomic E-state index is 11.1. The molecule has 1 fully saturated rings. The summed E-state index contributed by atoms with van der Waals surface area (Å²) in [6.45, 7) is 2.97. The summed E-state index contributed by atoms with van der Waals surface area (Å²) >= 11 is 0. The van der Waals surface area contributed by atoms with E-state index in [1.807, 2.05) is 12.1 Å². The SMILES string of the molecule is COc1cc2cnnc(N3CCC(OC(C)=O)CC3)c2cc1OC.O=C(O)C(=O)O. The molecule has 1 aliphatic heterocycles. The largest absolute Gasteiger partial charge is 0.493 e. The van der Waals surface area contributed by atoms with E-state index in [9.17, 15) is 4.79 Å². The summed E-state index contributed by atoms with van der Waals surface area (Å²) < 4.78 is 16.0. The number of hydrogen-bond donors (Lipinski definition) is 2. The Balaban J connectivity index is 0.000000469. The first-order valence-corrected chi connectivity index (χ1v) is 9.02. The molecule has 1 aliphatic rings. The first-order chi connectivity index (χ1) is 14.3. The molecule has 1 aromatic carbocycles. The maximum absolute atomic E-state index is 11.1. The van der Waals surface area contributed by atoms with Gasteiger partial charge >= 0.3 is 17.9 Å². The monoisotopic (exact) mass is 421 g/mol. The van der Waals surface area contributed by atoms with Crippen LogP contribution in [0.15, 0.2) is 18.3 Å². The van der Waals surface area contributed by atoms with Crippen molar-refractivity contribution < 1.29 is 38.8 Å². The molecule has 1 saturated heterocycles. The van der Waals surface area contributed by atoms with E-state index in [-0.39, 0.29) is 12.1 Å². The smallest absolute Gasteiger partial charge is 0.414 e. The highest BCUT2D eigenvalue weighted by atomic mass is 16.5. The van der Waals surface area contributed by atoms with Crippen LogP contribution in [0.25, 0.3) is 10.8 Å². The lowest BCUT2D eigenvalue weighted by atomic mass is 10.1. The molecule has 0 spiro atoms. The maximum Gasteiger partial charge on any atom is 0.414 e. The standard InChI is InChI=1S/C17H21N3O4.C2H2O4/c1-11(21)24-13-4-6-20(7-5-13)17-14-9-16(23-3)15(22-2)8-12(14)10-18-19-17;3-1(4)2(5)6/h8-10,13H,4-7H2,1-3H3;(H,3,4)(H,5,6). The number of fused-ring (bicyclic) bond motifs is 1. The van der Waals surface area contributed by atoms with E-state index >= 15 is 0 Å². The van der Waals surface area contributed by atoms with Gasteiger partial charge in [-0.05, 0) is 12.1 Å². The van der Waals surface area contributed by atoms with Gasteiger partial charge in [-0.3, -0.25) is 4.79 Å². The first-order valence-electron chi connectivity index (χ1n) is 9.02. The Morgan fingerprint density at radius 1 is 1.03 bits per heavy atom. The zero-order chi connectivity index (χ0) is 22.3. The second-order valence-corrected chi connectivity index (χ2v) is 6.37. The Labute approximate surface area is 172 Å². The molecule has 0 atom stereocenters. The highest BCUT2D eigenvalue weighted by molar-refractivity contribution is 6.27. The van der Waals surface area contributed by atoms with Crippen LogP contribution < -0.4 is 14.4 Å². The van der Waals surface area contributed by atoms with Crippen molar-refractivity contribution in [1.29, 1.82) is 0 Å². The van der Waals surface area contributed by atoms with Crippen LogP contribution >= 0.6 is 0 Å². The van der Waals surface area contributed by atoms with Crippen molar-refractivity contribution in [2.75, 3.05) is 32.2 Å². The summed E-state index contributed by atoms with van der Waals surface area (Å²) in [4.78, 5) is 31.5. The molecule has 0 amide bonds. The molecule has 0 unspecified atom stereocenters. The molecule has 2 N–H and O–H groups in total. The van der Waals surface area contributed by atoms with Crippen LogP contribution in [0.4, 0.5) is 5.82 Å². The second kappa shape index (κ2) is 10.2. The molecule has 2 aromatic rings. The van der Waals surface area contributed by atoms with Crippen molar-refractivity contribution in [1.82, 2.24) is 10.2 Å². The molecule has 1 aromatic heterocycles. The van der Waals surface area contributed by atoms with E-state index in [1.165, 1.54) is 6.92 Å². The first kappa shape index (κ1) is 22.7.